The van der Waals surface area contributed by atoms with E-state index in [1.165, 1.54) is 11.3 Å². The molecular formula is C26H31N5OS. The Morgan fingerprint density at radius 3 is 2.48 bits per heavy atom. The first-order valence-electron chi connectivity index (χ1n) is 11.5. The van der Waals surface area contributed by atoms with Crippen LogP contribution in [0.1, 0.15) is 37.8 Å². The monoisotopic (exact) mass is 461 g/mol. The van der Waals surface area contributed by atoms with Crippen LogP contribution in [0.4, 0.5) is 5.00 Å². The van der Waals surface area contributed by atoms with Crippen LogP contribution in [0, 0.1) is 35.2 Å². The fourth-order valence-corrected chi connectivity index (χ4v) is 5.17. The first-order valence-corrected chi connectivity index (χ1v) is 12.3. The van der Waals surface area contributed by atoms with E-state index in [9.17, 15) is 5.26 Å². The average molecular weight is 462 g/mol. The van der Waals surface area contributed by atoms with Crippen molar-refractivity contribution in [3.8, 4) is 17.9 Å². The maximum absolute atomic E-state index is 10.1. The number of nitrogens with zero attached hydrogens (tertiary/aromatic N) is 5. The molecule has 33 heavy (non-hydrogen) atoms. The second-order valence-corrected chi connectivity index (χ2v) is 9.69. The number of ether oxygens (including phenoxy) is 1. The molecule has 0 saturated carbocycles. The highest BCUT2D eigenvalue weighted by Crippen LogP contribution is 2.40. The van der Waals surface area contributed by atoms with Gasteiger partial charge >= 0.3 is 0 Å². The Bertz CT molecular complexity index is 1040. The average Bonchev–Trinajstić information content (AvgIpc) is 3.32. The molecule has 1 aliphatic heterocycles. The van der Waals surface area contributed by atoms with Crippen molar-refractivity contribution in [2.24, 2.45) is 5.92 Å². The molecule has 2 aromatic rings. The predicted octanol–water partition coefficient (Wildman–Crippen LogP) is 5.06. The SMILES string of the molecule is [C-]#[N+]c1cc(C(C#N)(CCCN2CCN(CCOc3cccc(C#N)c3)CC2)C(C)C)cs1. The number of hydrogen-bond donors (Lipinski definition) is 0. The second-order valence-electron chi connectivity index (χ2n) is 8.80. The van der Waals surface area contributed by atoms with E-state index in [1.807, 2.05) is 23.6 Å². The van der Waals surface area contributed by atoms with E-state index in [0.29, 0.717) is 17.2 Å². The number of benzene rings is 1. The van der Waals surface area contributed by atoms with Gasteiger partial charge in [0, 0.05) is 32.7 Å². The Balaban J connectivity index is 1.42. The number of rotatable bonds is 10. The van der Waals surface area contributed by atoms with E-state index >= 15 is 0 Å². The summed E-state index contributed by atoms with van der Waals surface area (Å²) >= 11 is 1.43. The molecule has 0 N–H and O–H groups in total. The fourth-order valence-electron chi connectivity index (χ4n) is 4.40. The van der Waals surface area contributed by atoms with E-state index < -0.39 is 5.41 Å². The molecule has 6 nitrogen and oxygen atoms in total. The Morgan fingerprint density at radius 2 is 1.88 bits per heavy atom. The normalized spacial score (nSPS) is 16.5. The fraction of sp³-hybridized carbons (Fsp3) is 0.500. The number of thiophene rings is 1. The van der Waals surface area contributed by atoms with E-state index in [-0.39, 0.29) is 5.92 Å². The van der Waals surface area contributed by atoms with Crippen LogP contribution < -0.4 is 4.74 Å². The third-order valence-corrected chi connectivity index (χ3v) is 7.37. The molecule has 0 radical (unpaired) electrons. The molecule has 0 amide bonds. The van der Waals surface area contributed by atoms with Crippen LogP contribution >= 0.6 is 11.3 Å². The van der Waals surface area contributed by atoms with Gasteiger partial charge in [0.2, 0.25) is 5.00 Å². The molecule has 1 atom stereocenters. The zero-order chi connectivity index (χ0) is 23.7. The van der Waals surface area contributed by atoms with E-state index in [4.69, 9.17) is 16.6 Å². The summed E-state index contributed by atoms with van der Waals surface area (Å²) in [6.45, 7) is 18.0. The molecular weight excluding hydrogens is 430 g/mol. The lowest BCUT2D eigenvalue weighted by atomic mass is 9.70. The molecule has 1 unspecified atom stereocenters. The van der Waals surface area contributed by atoms with Gasteiger partial charge in [0.05, 0.1) is 29.7 Å². The molecule has 1 fully saturated rings. The molecule has 1 aromatic heterocycles. The lowest BCUT2D eigenvalue weighted by Gasteiger charge is -2.36. The topological polar surface area (TPSA) is 67.7 Å². The van der Waals surface area contributed by atoms with Crippen LogP contribution in [-0.4, -0.2) is 55.7 Å². The summed E-state index contributed by atoms with van der Waals surface area (Å²) in [5.74, 6) is 0.939. The summed E-state index contributed by atoms with van der Waals surface area (Å²) in [7, 11) is 0. The Labute approximate surface area is 201 Å². The molecule has 7 heteroatoms. The van der Waals surface area contributed by atoms with Crippen molar-refractivity contribution in [3.05, 3.63) is 58.3 Å². The third kappa shape index (κ3) is 6.34. The summed E-state index contributed by atoms with van der Waals surface area (Å²) in [5, 5.41) is 21.7. The van der Waals surface area contributed by atoms with E-state index in [0.717, 1.165) is 63.4 Å². The van der Waals surface area contributed by atoms with Crippen molar-refractivity contribution in [2.45, 2.75) is 32.1 Å². The molecule has 1 aliphatic rings. The maximum Gasteiger partial charge on any atom is 0.241 e. The van der Waals surface area contributed by atoms with Gasteiger partial charge in [-0.2, -0.15) is 21.9 Å². The highest BCUT2D eigenvalue weighted by atomic mass is 32.1. The molecule has 172 valence electrons. The zero-order valence-corrected chi connectivity index (χ0v) is 20.3. The highest BCUT2D eigenvalue weighted by Gasteiger charge is 2.36. The predicted molar refractivity (Wildman–Crippen MR) is 131 cm³/mol. The zero-order valence-electron chi connectivity index (χ0n) is 19.5. The van der Waals surface area contributed by atoms with Crippen molar-refractivity contribution < 1.29 is 4.74 Å². The Kier molecular flexibility index (Phi) is 8.87. The van der Waals surface area contributed by atoms with Crippen molar-refractivity contribution in [1.29, 1.82) is 10.5 Å². The van der Waals surface area contributed by atoms with Gasteiger partial charge in [-0.15, -0.1) is 0 Å². The summed E-state index contributed by atoms with van der Waals surface area (Å²) in [6, 6.07) is 13.9. The first kappa shape index (κ1) is 24.7. The Morgan fingerprint density at radius 1 is 1.15 bits per heavy atom. The van der Waals surface area contributed by atoms with Crippen LogP contribution in [0.5, 0.6) is 5.75 Å². The van der Waals surface area contributed by atoms with Crippen LogP contribution in [0.15, 0.2) is 35.7 Å². The lowest BCUT2D eigenvalue weighted by molar-refractivity contribution is 0.114. The van der Waals surface area contributed by atoms with Crippen LogP contribution in [-0.2, 0) is 5.41 Å². The quantitative estimate of drug-likeness (QED) is 0.463. The van der Waals surface area contributed by atoms with Gasteiger partial charge in [-0.1, -0.05) is 19.9 Å². The molecule has 1 saturated heterocycles. The van der Waals surface area contributed by atoms with Gasteiger partial charge < -0.3 is 9.64 Å². The minimum absolute atomic E-state index is 0.196. The maximum atomic E-state index is 10.1. The number of piperazine rings is 1. The summed E-state index contributed by atoms with van der Waals surface area (Å²) in [4.78, 5) is 8.42. The smallest absolute Gasteiger partial charge is 0.241 e. The van der Waals surface area contributed by atoms with Gasteiger partial charge in [-0.3, -0.25) is 4.90 Å². The van der Waals surface area contributed by atoms with Gasteiger partial charge in [-0.25, -0.2) is 4.85 Å². The van der Waals surface area contributed by atoms with Crippen LogP contribution in [0.3, 0.4) is 0 Å². The highest BCUT2D eigenvalue weighted by molar-refractivity contribution is 7.14. The summed E-state index contributed by atoms with van der Waals surface area (Å²) < 4.78 is 5.81. The first-order chi connectivity index (χ1) is 16.0. The Hall–Kier alpha value is -2.89. The summed E-state index contributed by atoms with van der Waals surface area (Å²) in [6.07, 6.45) is 1.78. The van der Waals surface area contributed by atoms with Crippen molar-refractivity contribution in [2.75, 3.05) is 45.9 Å². The third-order valence-electron chi connectivity index (χ3n) is 6.55. The lowest BCUT2D eigenvalue weighted by Crippen LogP contribution is -2.47. The minimum atomic E-state index is -0.526. The van der Waals surface area contributed by atoms with Crippen molar-refractivity contribution >= 4 is 16.3 Å². The largest absolute Gasteiger partial charge is 0.492 e. The second kappa shape index (κ2) is 11.8. The van der Waals surface area contributed by atoms with Crippen molar-refractivity contribution in [3.63, 3.8) is 0 Å². The molecule has 0 aliphatic carbocycles. The summed E-state index contributed by atoms with van der Waals surface area (Å²) in [5.41, 5.74) is 1.09. The van der Waals surface area contributed by atoms with E-state index in [1.54, 1.807) is 12.1 Å². The number of nitriles is 2. The molecule has 3 rings (SSSR count). The standard InChI is InChI=1S/C26H31N5OS/c1-21(2)26(20-28,23-17-25(29-3)33-19-23)8-5-9-30-10-12-31(13-11-30)14-15-32-24-7-4-6-22(16-24)18-27/h4,6-7,16-17,19,21H,5,8-15H2,1-2H3. The van der Waals surface area contributed by atoms with Gasteiger partial charge in [-0.05, 0) is 60.5 Å². The number of hydrogen-bond acceptors (Lipinski definition) is 6. The van der Waals surface area contributed by atoms with Crippen LogP contribution in [0.2, 0.25) is 0 Å². The molecule has 0 spiro atoms. The molecule has 2 heterocycles. The van der Waals surface area contributed by atoms with Gasteiger partial charge in [0.25, 0.3) is 0 Å². The van der Waals surface area contributed by atoms with Gasteiger partial charge in [0.15, 0.2) is 0 Å². The van der Waals surface area contributed by atoms with E-state index in [2.05, 4.69) is 40.6 Å². The molecule has 1 aromatic carbocycles. The van der Waals surface area contributed by atoms with Crippen molar-refractivity contribution in [1.82, 2.24) is 9.80 Å². The van der Waals surface area contributed by atoms with Crippen LogP contribution in [0.25, 0.3) is 4.85 Å². The minimum Gasteiger partial charge on any atom is -0.492 e. The van der Waals surface area contributed by atoms with Gasteiger partial charge in [0.1, 0.15) is 12.4 Å². The molecule has 0 bridgehead atoms.